The Morgan fingerprint density at radius 3 is 2.50 bits per heavy atom. The lowest BCUT2D eigenvalue weighted by molar-refractivity contribution is 0.111. The van der Waals surface area contributed by atoms with Crippen LogP contribution < -0.4 is 0 Å². The van der Waals surface area contributed by atoms with Gasteiger partial charge in [0.15, 0.2) is 6.29 Å². The zero-order valence-electron chi connectivity index (χ0n) is 10.1. The fourth-order valence-electron chi connectivity index (χ4n) is 2.28. The lowest BCUT2D eigenvalue weighted by Gasteiger charge is -2.01. The Hall–Kier alpha value is -2.35. The first-order chi connectivity index (χ1) is 8.79. The normalized spacial score (nSPS) is 10.7. The zero-order chi connectivity index (χ0) is 12.5. The van der Waals surface area contributed by atoms with Gasteiger partial charge in [0.25, 0.3) is 0 Å². The van der Waals surface area contributed by atoms with Gasteiger partial charge in [-0.2, -0.15) is 0 Å². The smallest absolute Gasteiger partial charge is 0.166 e. The van der Waals surface area contributed by atoms with E-state index in [2.05, 4.69) is 29.2 Å². The molecule has 0 aliphatic heterocycles. The molecule has 18 heavy (non-hydrogen) atoms. The average molecular weight is 235 g/mol. The van der Waals surface area contributed by atoms with E-state index in [0.29, 0.717) is 5.69 Å². The van der Waals surface area contributed by atoms with Crippen molar-refractivity contribution < 1.29 is 4.79 Å². The van der Waals surface area contributed by atoms with Crippen molar-refractivity contribution in [2.45, 2.75) is 6.92 Å². The molecular weight excluding hydrogens is 222 g/mol. The van der Waals surface area contributed by atoms with Crippen molar-refractivity contribution in [2.75, 3.05) is 0 Å². The fraction of sp³-hybridized carbons (Fsp3) is 0.0625. The maximum Gasteiger partial charge on any atom is 0.166 e. The molecule has 0 radical (unpaired) electrons. The Morgan fingerprint density at radius 2 is 1.78 bits per heavy atom. The number of carbonyl (C=O) groups excluding carboxylic acids is 1. The first-order valence-corrected chi connectivity index (χ1v) is 5.92. The van der Waals surface area contributed by atoms with Crippen molar-refractivity contribution in [1.29, 1.82) is 0 Å². The van der Waals surface area contributed by atoms with Crippen LogP contribution in [-0.4, -0.2) is 11.3 Å². The third-order valence-corrected chi connectivity index (χ3v) is 3.32. The second-order valence-corrected chi connectivity index (χ2v) is 4.41. The van der Waals surface area contributed by atoms with Gasteiger partial charge in [-0.1, -0.05) is 36.4 Å². The number of fused-ring (bicyclic) bond motifs is 1. The van der Waals surface area contributed by atoms with Crippen molar-refractivity contribution in [1.82, 2.24) is 4.98 Å². The number of aromatic nitrogens is 1. The van der Waals surface area contributed by atoms with Gasteiger partial charge in [-0.15, -0.1) is 0 Å². The van der Waals surface area contributed by atoms with Crippen LogP contribution in [0.1, 0.15) is 16.1 Å². The highest BCUT2D eigenvalue weighted by Gasteiger charge is 2.07. The van der Waals surface area contributed by atoms with Crippen molar-refractivity contribution in [3.05, 3.63) is 59.8 Å². The quantitative estimate of drug-likeness (QED) is 0.670. The molecule has 0 saturated heterocycles. The number of H-pyrrole nitrogens is 1. The Bertz CT molecular complexity index is 711. The summed E-state index contributed by atoms with van der Waals surface area (Å²) in [7, 11) is 0. The topological polar surface area (TPSA) is 32.9 Å². The highest BCUT2D eigenvalue weighted by molar-refractivity contribution is 5.94. The summed E-state index contributed by atoms with van der Waals surface area (Å²) in [5.41, 5.74) is 5.04. The number of carbonyl (C=O) groups is 1. The van der Waals surface area contributed by atoms with E-state index < -0.39 is 0 Å². The van der Waals surface area contributed by atoms with E-state index in [1.165, 1.54) is 11.1 Å². The van der Waals surface area contributed by atoms with Crippen LogP contribution >= 0.6 is 0 Å². The van der Waals surface area contributed by atoms with E-state index in [9.17, 15) is 4.79 Å². The van der Waals surface area contributed by atoms with Crippen LogP contribution in [0.15, 0.2) is 48.5 Å². The molecule has 0 spiro atoms. The zero-order valence-corrected chi connectivity index (χ0v) is 10.1. The first kappa shape index (κ1) is 10.8. The summed E-state index contributed by atoms with van der Waals surface area (Å²) < 4.78 is 0. The average Bonchev–Trinajstić information content (AvgIpc) is 2.76. The highest BCUT2D eigenvalue weighted by atomic mass is 16.1. The molecule has 3 aromatic rings. The fourth-order valence-corrected chi connectivity index (χ4v) is 2.28. The minimum absolute atomic E-state index is 0.662. The summed E-state index contributed by atoms with van der Waals surface area (Å²) in [5, 5.41) is 1.11. The third kappa shape index (κ3) is 1.63. The first-order valence-electron chi connectivity index (χ1n) is 5.92. The molecule has 0 saturated carbocycles. The van der Waals surface area contributed by atoms with Crippen LogP contribution in [0.5, 0.6) is 0 Å². The van der Waals surface area contributed by atoms with Crippen molar-refractivity contribution >= 4 is 17.2 Å². The van der Waals surface area contributed by atoms with Crippen LogP contribution in [0.2, 0.25) is 0 Å². The molecule has 0 atom stereocenters. The molecule has 3 rings (SSSR count). The van der Waals surface area contributed by atoms with E-state index >= 15 is 0 Å². The van der Waals surface area contributed by atoms with Crippen molar-refractivity contribution in [2.24, 2.45) is 0 Å². The van der Waals surface area contributed by atoms with Crippen LogP contribution in [0, 0.1) is 6.92 Å². The lowest BCUT2D eigenvalue weighted by atomic mass is 10.0. The molecule has 0 aliphatic carbocycles. The van der Waals surface area contributed by atoms with E-state index in [0.717, 1.165) is 22.8 Å². The molecule has 1 heterocycles. The van der Waals surface area contributed by atoms with Crippen LogP contribution in [-0.2, 0) is 0 Å². The molecule has 0 fully saturated rings. The molecular formula is C16H13NO. The molecule has 2 aromatic carbocycles. The van der Waals surface area contributed by atoms with Gasteiger partial charge in [-0.3, -0.25) is 4.79 Å². The second-order valence-electron chi connectivity index (χ2n) is 4.41. The second kappa shape index (κ2) is 4.15. The number of aromatic amines is 1. The van der Waals surface area contributed by atoms with Crippen LogP contribution in [0.25, 0.3) is 22.0 Å². The van der Waals surface area contributed by atoms with Crippen molar-refractivity contribution in [3.63, 3.8) is 0 Å². The molecule has 0 aliphatic rings. The van der Waals surface area contributed by atoms with Gasteiger partial charge in [0.05, 0.1) is 5.69 Å². The summed E-state index contributed by atoms with van der Waals surface area (Å²) in [4.78, 5) is 14.0. The highest BCUT2D eigenvalue weighted by Crippen LogP contribution is 2.27. The number of aryl methyl sites for hydroxylation is 1. The minimum Gasteiger partial charge on any atom is -0.352 e. The predicted molar refractivity (Wildman–Crippen MR) is 73.9 cm³/mol. The Kier molecular flexibility index (Phi) is 2.49. The Labute approximate surface area is 105 Å². The number of benzene rings is 2. The van der Waals surface area contributed by atoms with E-state index in [4.69, 9.17) is 0 Å². The number of aldehydes is 1. The van der Waals surface area contributed by atoms with E-state index in [1.807, 2.05) is 31.2 Å². The third-order valence-electron chi connectivity index (χ3n) is 3.32. The monoisotopic (exact) mass is 235 g/mol. The van der Waals surface area contributed by atoms with Gasteiger partial charge in [0, 0.05) is 10.9 Å². The number of nitrogens with one attached hydrogen (secondary N) is 1. The maximum atomic E-state index is 10.9. The molecule has 0 unspecified atom stereocenters. The Balaban J connectivity index is 2.22. The summed E-state index contributed by atoms with van der Waals surface area (Å²) in [5.74, 6) is 0. The molecule has 0 amide bonds. The SMILES string of the molecule is Cc1c(C=O)[nH]c2ccc(-c3ccccc3)cc12. The van der Waals surface area contributed by atoms with Crippen LogP contribution in [0.4, 0.5) is 0 Å². The molecule has 0 bridgehead atoms. The summed E-state index contributed by atoms with van der Waals surface area (Å²) in [6.07, 6.45) is 0.873. The Morgan fingerprint density at radius 1 is 1.00 bits per heavy atom. The standard InChI is InChI=1S/C16H13NO/c1-11-14-9-13(12-5-3-2-4-6-12)7-8-15(14)17-16(11)10-18/h2-10,17H,1H3. The largest absolute Gasteiger partial charge is 0.352 e. The van der Waals surface area contributed by atoms with Gasteiger partial charge < -0.3 is 4.98 Å². The predicted octanol–water partition coefficient (Wildman–Crippen LogP) is 3.96. The minimum atomic E-state index is 0.662. The van der Waals surface area contributed by atoms with E-state index in [-0.39, 0.29) is 0 Å². The van der Waals surface area contributed by atoms with Gasteiger partial charge in [0.2, 0.25) is 0 Å². The van der Waals surface area contributed by atoms with Gasteiger partial charge >= 0.3 is 0 Å². The van der Waals surface area contributed by atoms with E-state index in [1.54, 1.807) is 0 Å². The number of hydrogen-bond donors (Lipinski definition) is 1. The van der Waals surface area contributed by atoms with Crippen LogP contribution in [0.3, 0.4) is 0 Å². The molecule has 1 aromatic heterocycles. The van der Waals surface area contributed by atoms with Gasteiger partial charge in [-0.25, -0.2) is 0 Å². The summed E-state index contributed by atoms with van der Waals surface area (Å²) >= 11 is 0. The number of rotatable bonds is 2. The van der Waals surface area contributed by atoms with Gasteiger partial charge in [0.1, 0.15) is 0 Å². The summed E-state index contributed by atoms with van der Waals surface area (Å²) in [6, 6.07) is 16.5. The maximum absolute atomic E-state index is 10.9. The molecule has 1 N–H and O–H groups in total. The van der Waals surface area contributed by atoms with Crippen molar-refractivity contribution in [3.8, 4) is 11.1 Å². The molecule has 88 valence electrons. The summed E-state index contributed by atoms with van der Waals surface area (Å²) in [6.45, 7) is 1.97. The number of hydrogen-bond acceptors (Lipinski definition) is 1. The lowest BCUT2D eigenvalue weighted by Crippen LogP contribution is -1.80. The van der Waals surface area contributed by atoms with Gasteiger partial charge in [-0.05, 0) is 35.7 Å². The molecule has 2 heteroatoms. The molecule has 2 nitrogen and oxygen atoms in total.